The number of nitrogens with zero attached hydrogens (tertiary/aromatic N) is 2. The third-order valence-corrected chi connectivity index (χ3v) is 3.86. The van der Waals surface area contributed by atoms with Crippen molar-refractivity contribution >= 4 is 5.69 Å². The molecule has 0 aliphatic rings. The lowest BCUT2D eigenvalue weighted by Crippen LogP contribution is -2.22. The summed E-state index contributed by atoms with van der Waals surface area (Å²) in [6.07, 6.45) is 0.896. The van der Waals surface area contributed by atoms with Gasteiger partial charge in [0.15, 0.2) is 0 Å². The highest BCUT2D eigenvalue weighted by molar-refractivity contribution is 5.65. The third-order valence-electron chi connectivity index (χ3n) is 3.86. The Bertz CT molecular complexity index is 869. The fraction of sp³-hybridized carbons (Fsp3) is 0.158. The monoisotopic (exact) mass is 305 g/mol. The second kappa shape index (κ2) is 6.48. The average molecular weight is 305 g/mol. The smallest absolute Gasteiger partial charge is 0.267 e. The molecule has 116 valence electrons. The van der Waals surface area contributed by atoms with E-state index in [0.29, 0.717) is 6.54 Å². The van der Waals surface area contributed by atoms with Gasteiger partial charge in [0.1, 0.15) is 0 Å². The van der Waals surface area contributed by atoms with E-state index in [1.54, 1.807) is 12.1 Å². The highest BCUT2D eigenvalue weighted by Gasteiger charge is 2.06. The summed E-state index contributed by atoms with van der Waals surface area (Å²) in [5.74, 6) is 0. The number of rotatable bonds is 4. The molecule has 3 rings (SSSR count). The van der Waals surface area contributed by atoms with Crippen LogP contribution in [0.1, 0.15) is 18.1 Å². The minimum atomic E-state index is -0.115. The van der Waals surface area contributed by atoms with Crippen LogP contribution in [0, 0.1) is 0 Å². The van der Waals surface area contributed by atoms with Crippen molar-refractivity contribution in [3.63, 3.8) is 0 Å². The zero-order valence-corrected chi connectivity index (χ0v) is 13.1. The Hall–Kier alpha value is -2.88. The topological polar surface area (TPSA) is 60.9 Å². The summed E-state index contributed by atoms with van der Waals surface area (Å²) >= 11 is 0. The lowest BCUT2D eigenvalue weighted by atomic mass is 10.1. The normalized spacial score (nSPS) is 10.7. The van der Waals surface area contributed by atoms with Crippen LogP contribution in [0.15, 0.2) is 65.5 Å². The van der Waals surface area contributed by atoms with Crippen molar-refractivity contribution in [2.45, 2.75) is 19.9 Å². The van der Waals surface area contributed by atoms with Gasteiger partial charge < -0.3 is 5.73 Å². The van der Waals surface area contributed by atoms with E-state index >= 15 is 0 Å². The van der Waals surface area contributed by atoms with Gasteiger partial charge in [0.25, 0.3) is 5.56 Å². The van der Waals surface area contributed by atoms with Gasteiger partial charge in [0.05, 0.1) is 12.2 Å². The van der Waals surface area contributed by atoms with Gasteiger partial charge in [-0.25, -0.2) is 4.68 Å². The van der Waals surface area contributed by atoms with Crippen molar-refractivity contribution in [1.29, 1.82) is 0 Å². The first-order chi connectivity index (χ1) is 11.2. The van der Waals surface area contributed by atoms with Gasteiger partial charge in [-0.05, 0) is 29.7 Å². The largest absolute Gasteiger partial charge is 0.398 e. The zero-order valence-electron chi connectivity index (χ0n) is 13.1. The van der Waals surface area contributed by atoms with Crippen molar-refractivity contribution in [1.82, 2.24) is 9.78 Å². The summed E-state index contributed by atoms with van der Waals surface area (Å²) in [6.45, 7) is 2.53. The molecule has 2 N–H and O–H groups in total. The summed E-state index contributed by atoms with van der Waals surface area (Å²) in [6, 6.07) is 19.0. The minimum absolute atomic E-state index is 0.115. The van der Waals surface area contributed by atoms with Gasteiger partial charge in [-0.1, -0.05) is 49.4 Å². The molecule has 1 heterocycles. The number of aryl methyl sites for hydroxylation is 1. The molecule has 4 heteroatoms. The zero-order chi connectivity index (χ0) is 16.2. The molecule has 1 aromatic heterocycles. The molecule has 23 heavy (non-hydrogen) atoms. The molecule has 0 unspecified atom stereocenters. The summed E-state index contributed by atoms with van der Waals surface area (Å²) in [7, 11) is 0. The minimum Gasteiger partial charge on any atom is -0.398 e. The van der Waals surface area contributed by atoms with E-state index < -0.39 is 0 Å². The number of hydrogen-bond acceptors (Lipinski definition) is 3. The molecule has 0 fully saturated rings. The Balaban J connectivity index is 1.97. The van der Waals surface area contributed by atoms with Crippen LogP contribution in [0.5, 0.6) is 0 Å². The Morgan fingerprint density at radius 2 is 1.83 bits per heavy atom. The van der Waals surface area contributed by atoms with Crippen molar-refractivity contribution in [3.05, 3.63) is 82.1 Å². The molecule has 0 atom stereocenters. The molecular weight excluding hydrogens is 286 g/mol. The highest BCUT2D eigenvalue weighted by Crippen LogP contribution is 2.22. The van der Waals surface area contributed by atoms with Crippen molar-refractivity contribution in [2.24, 2.45) is 0 Å². The predicted octanol–water partition coefficient (Wildman–Crippen LogP) is 3.10. The summed E-state index contributed by atoms with van der Waals surface area (Å²) in [5, 5.41) is 4.48. The van der Waals surface area contributed by atoms with Crippen molar-refractivity contribution in [3.8, 4) is 11.3 Å². The summed E-state index contributed by atoms with van der Waals surface area (Å²) in [5.41, 5.74) is 10.5. The van der Waals surface area contributed by atoms with Crippen LogP contribution in [-0.2, 0) is 13.0 Å². The van der Waals surface area contributed by atoms with Crippen LogP contribution in [0.3, 0.4) is 0 Å². The van der Waals surface area contributed by atoms with Gasteiger partial charge in [-0.3, -0.25) is 4.79 Å². The summed E-state index contributed by atoms with van der Waals surface area (Å²) in [4.78, 5) is 12.1. The van der Waals surface area contributed by atoms with Crippen LogP contribution < -0.4 is 11.3 Å². The molecule has 2 aromatic carbocycles. The first kappa shape index (κ1) is 15.0. The van der Waals surface area contributed by atoms with E-state index in [-0.39, 0.29) is 5.56 Å². The van der Waals surface area contributed by atoms with Gasteiger partial charge >= 0.3 is 0 Å². The maximum Gasteiger partial charge on any atom is 0.267 e. The first-order valence-electron chi connectivity index (χ1n) is 7.68. The van der Waals surface area contributed by atoms with Crippen LogP contribution in [0.4, 0.5) is 5.69 Å². The number of anilines is 1. The maximum atomic E-state index is 12.1. The molecule has 0 aliphatic carbocycles. The molecule has 0 aliphatic heterocycles. The average Bonchev–Trinajstić information content (AvgIpc) is 2.58. The van der Waals surface area contributed by atoms with Gasteiger partial charge in [-0.15, -0.1) is 0 Å². The number of benzene rings is 2. The number of aromatic nitrogens is 2. The quantitative estimate of drug-likeness (QED) is 0.753. The van der Waals surface area contributed by atoms with Crippen LogP contribution in [-0.4, -0.2) is 9.78 Å². The van der Waals surface area contributed by atoms with Gasteiger partial charge in [0, 0.05) is 17.3 Å². The molecule has 0 bridgehead atoms. The predicted molar refractivity (Wildman–Crippen MR) is 93.3 cm³/mol. The highest BCUT2D eigenvalue weighted by atomic mass is 16.1. The third kappa shape index (κ3) is 3.31. The molecule has 4 nitrogen and oxygen atoms in total. The van der Waals surface area contributed by atoms with Crippen LogP contribution in [0.25, 0.3) is 11.3 Å². The first-order valence-corrected chi connectivity index (χ1v) is 7.68. The lowest BCUT2D eigenvalue weighted by Gasteiger charge is -2.09. The molecule has 0 spiro atoms. The molecule has 0 amide bonds. The van der Waals surface area contributed by atoms with E-state index in [2.05, 4.69) is 12.0 Å². The maximum absolute atomic E-state index is 12.1. The van der Waals surface area contributed by atoms with Crippen LogP contribution in [0.2, 0.25) is 0 Å². The second-order valence-corrected chi connectivity index (χ2v) is 5.47. The Kier molecular flexibility index (Phi) is 4.24. The van der Waals surface area contributed by atoms with E-state index in [1.165, 1.54) is 4.68 Å². The standard InChI is InChI=1S/C19H19N3O/c1-2-15-8-9-16(12-17(15)20)18-10-11-19(23)22(21-18)13-14-6-4-3-5-7-14/h3-12H,2,13,20H2,1H3. The SMILES string of the molecule is CCc1ccc(-c2ccc(=O)n(Cc3ccccc3)n2)cc1N. The second-order valence-electron chi connectivity index (χ2n) is 5.47. The number of nitrogen functional groups attached to an aromatic ring is 1. The van der Waals surface area contributed by atoms with E-state index in [9.17, 15) is 4.79 Å². The summed E-state index contributed by atoms with van der Waals surface area (Å²) < 4.78 is 1.48. The van der Waals surface area contributed by atoms with Gasteiger partial charge in [0.2, 0.25) is 0 Å². The molecular formula is C19H19N3O. The Morgan fingerprint density at radius 3 is 2.52 bits per heavy atom. The van der Waals surface area contributed by atoms with Gasteiger partial charge in [-0.2, -0.15) is 5.10 Å². The Morgan fingerprint density at radius 1 is 1.04 bits per heavy atom. The number of nitrogens with two attached hydrogens (primary N) is 1. The molecule has 3 aromatic rings. The molecule has 0 saturated carbocycles. The fourth-order valence-corrected chi connectivity index (χ4v) is 2.55. The van der Waals surface area contributed by atoms with Crippen molar-refractivity contribution < 1.29 is 0 Å². The molecule has 0 radical (unpaired) electrons. The lowest BCUT2D eigenvalue weighted by molar-refractivity contribution is 0.643. The van der Waals surface area contributed by atoms with E-state index in [4.69, 9.17) is 5.73 Å². The van der Waals surface area contributed by atoms with Crippen LogP contribution >= 0.6 is 0 Å². The van der Waals surface area contributed by atoms with E-state index in [0.717, 1.165) is 34.5 Å². The van der Waals surface area contributed by atoms with Crippen molar-refractivity contribution in [2.75, 3.05) is 5.73 Å². The van der Waals surface area contributed by atoms with E-state index in [1.807, 2.05) is 48.5 Å². The Labute approximate surface area is 135 Å². The number of hydrogen-bond donors (Lipinski definition) is 1. The molecule has 0 saturated heterocycles. The fourth-order valence-electron chi connectivity index (χ4n) is 2.55.